The van der Waals surface area contributed by atoms with E-state index >= 15 is 0 Å². The highest BCUT2D eigenvalue weighted by atomic mass is 32.2. The van der Waals surface area contributed by atoms with Crippen LogP contribution in [0.25, 0.3) is 0 Å². The van der Waals surface area contributed by atoms with E-state index in [0.717, 1.165) is 17.2 Å². The maximum Gasteiger partial charge on any atom is 0.0966 e. The minimum absolute atomic E-state index is 0.387. The molecule has 0 amide bonds. The fourth-order valence-corrected chi connectivity index (χ4v) is 3.02. The predicted molar refractivity (Wildman–Crippen MR) is 83.3 cm³/mol. The molecule has 3 nitrogen and oxygen atoms in total. The van der Waals surface area contributed by atoms with Crippen LogP contribution in [-0.4, -0.2) is 25.5 Å². The first-order valence-electron chi connectivity index (χ1n) is 6.58. The molecule has 0 N–H and O–H groups in total. The van der Waals surface area contributed by atoms with Crippen molar-refractivity contribution in [3.63, 3.8) is 0 Å². The number of rotatable bonds is 7. The van der Waals surface area contributed by atoms with E-state index < -0.39 is 0 Å². The second kappa shape index (κ2) is 7.43. The van der Waals surface area contributed by atoms with E-state index in [-0.39, 0.29) is 0 Å². The van der Waals surface area contributed by atoms with Crippen LogP contribution >= 0.6 is 23.5 Å². The summed E-state index contributed by atoms with van der Waals surface area (Å²) in [6.07, 6.45) is 0. The van der Waals surface area contributed by atoms with Crippen LogP contribution in [0.15, 0.2) is 0 Å². The minimum atomic E-state index is 0.387. The Hall–Kier alpha value is -0.160. The Morgan fingerprint density at radius 1 is 0.944 bits per heavy atom. The fourth-order valence-electron chi connectivity index (χ4n) is 1.51. The molecule has 0 radical (unpaired) electrons. The summed E-state index contributed by atoms with van der Waals surface area (Å²) in [5.74, 6) is 1.98. The highest BCUT2D eigenvalue weighted by Crippen LogP contribution is 2.25. The first-order chi connectivity index (χ1) is 8.41. The summed E-state index contributed by atoms with van der Waals surface area (Å²) in [4.78, 5) is 0. The molecule has 0 spiro atoms. The molecular formula is C13H25N3S2. The van der Waals surface area contributed by atoms with Crippen LogP contribution in [0.2, 0.25) is 0 Å². The number of aromatic nitrogens is 3. The average molecular weight is 287 g/mol. The molecule has 18 heavy (non-hydrogen) atoms. The SMILES string of the molecule is CC(C)SCc1nnn(C(C)C)c1CSC(C)C. The first-order valence-corrected chi connectivity index (χ1v) is 8.67. The molecule has 0 bridgehead atoms. The summed E-state index contributed by atoms with van der Waals surface area (Å²) in [6, 6.07) is 0.387. The van der Waals surface area contributed by atoms with E-state index in [4.69, 9.17) is 0 Å². The summed E-state index contributed by atoms with van der Waals surface area (Å²) in [7, 11) is 0. The van der Waals surface area contributed by atoms with Crippen molar-refractivity contribution in [2.75, 3.05) is 0 Å². The Bertz CT molecular complexity index is 359. The topological polar surface area (TPSA) is 30.7 Å². The zero-order valence-electron chi connectivity index (χ0n) is 12.3. The van der Waals surface area contributed by atoms with Gasteiger partial charge in [-0.15, -0.1) is 5.10 Å². The monoisotopic (exact) mass is 287 g/mol. The molecule has 1 aromatic rings. The summed E-state index contributed by atoms with van der Waals surface area (Å²) in [5.41, 5.74) is 2.47. The van der Waals surface area contributed by atoms with E-state index in [0.29, 0.717) is 16.5 Å². The lowest BCUT2D eigenvalue weighted by molar-refractivity contribution is 0.501. The van der Waals surface area contributed by atoms with Crippen molar-refractivity contribution in [3.8, 4) is 0 Å². The molecule has 0 aliphatic heterocycles. The molecule has 1 heterocycles. The molecule has 1 rings (SSSR count). The quantitative estimate of drug-likeness (QED) is 0.754. The van der Waals surface area contributed by atoms with Crippen LogP contribution in [0.3, 0.4) is 0 Å². The van der Waals surface area contributed by atoms with Crippen molar-refractivity contribution in [3.05, 3.63) is 11.4 Å². The van der Waals surface area contributed by atoms with Gasteiger partial charge in [0.15, 0.2) is 0 Å². The lowest BCUT2D eigenvalue weighted by Gasteiger charge is -2.12. The molecule has 0 aliphatic carbocycles. The Labute approximate surface area is 119 Å². The van der Waals surface area contributed by atoms with Gasteiger partial charge in [0.05, 0.1) is 11.4 Å². The van der Waals surface area contributed by atoms with Crippen LogP contribution in [0.1, 0.15) is 59.0 Å². The van der Waals surface area contributed by atoms with Gasteiger partial charge in [0, 0.05) is 17.5 Å². The van der Waals surface area contributed by atoms with Gasteiger partial charge in [0.25, 0.3) is 0 Å². The third kappa shape index (κ3) is 4.84. The van der Waals surface area contributed by atoms with Crippen LogP contribution in [0.4, 0.5) is 0 Å². The van der Waals surface area contributed by atoms with Gasteiger partial charge < -0.3 is 0 Å². The molecule has 0 aliphatic rings. The van der Waals surface area contributed by atoms with E-state index in [2.05, 4.69) is 56.5 Å². The maximum absolute atomic E-state index is 4.37. The highest BCUT2D eigenvalue weighted by molar-refractivity contribution is 7.99. The normalized spacial score (nSPS) is 12.1. The molecule has 0 saturated heterocycles. The number of nitrogens with zero attached hydrogens (tertiary/aromatic N) is 3. The molecule has 1 aromatic heterocycles. The van der Waals surface area contributed by atoms with Gasteiger partial charge in [0.2, 0.25) is 0 Å². The number of hydrogen-bond acceptors (Lipinski definition) is 4. The standard InChI is InChI=1S/C13H25N3S2/c1-9(2)16-13(8-18-11(5)6)12(14-15-16)7-17-10(3)4/h9-11H,7-8H2,1-6H3. The van der Waals surface area contributed by atoms with Crippen LogP contribution in [0, 0.1) is 0 Å². The first kappa shape index (κ1) is 15.9. The zero-order valence-corrected chi connectivity index (χ0v) is 13.9. The Morgan fingerprint density at radius 3 is 2.00 bits per heavy atom. The van der Waals surface area contributed by atoms with Gasteiger partial charge in [0.1, 0.15) is 0 Å². The predicted octanol–water partition coefficient (Wildman–Crippen LogP) is 4.14. The Kier molecular flexibility index (Phi) is 6.57. The lowest BCUT2D eigenvalue weighted by Crippen LogP contribution is -2.08. The van der Waals surface area contributed by atoms with Crippen LogP contribution in [-0.2, 0) is 11.5 Å². The van der Waals surface area contributed by atoms with Gasteiger partial charge in [-0.3, -0.25) is 0 Å². The van der Waals surface area contributed by atoms with Crippen molar-refractivity contribution in [1.82, 2.24) is 15.0 Å². The van der Waals surface area contributed by atoms with Gasteiger partial charge in [-0.1, -0.05) is 32.9 Å². The molecule has 5 heteroatoms. The summed E-state index contributed by atoms with van der Waals surface area (Å²) < 4.78 is 2.08. The van der Waals surface area contributed by atoms with Gasteiger partial charge in [-0.05, 0) is 24.3 Å². The highest BCUT2D eigenvalue weighted by Gasteiger charge is 2.15. The van der Waals surface area contributed by atoms with Gasteiger partial charge in [-0.25, -0.2) is 4.68 Å². The van der Waals surface area contributed by atoms with E-state index in [1.807, 2.05) is 23.5 Å². The van der Waals surface area contributed by atoms with Crippen molar-refractivity contribution in [2.45, 2.75) is 69.6 Å². The maximum atomic E-state index is 4.37. The van der Waals surface area contributed by atoms with Gasteiger partial charge >= 0.3 is 0 Å². The molecule has 0 unspecified atom stereocenters. The third-order valence-corrected chi connectivity index (χ3v) is 4.68. The average Bonchev–Trinajstić information content (AvgIpc) is 2.66. The number of hydrogen-bond donors (Lipinski definition) is 0. The van der Waals surface area contributed by atoms with Crippen molar-refractivity contribution in [2.24, 2.45) is 0 Å². The Balaban J connectivity index is 2.81. The van der Waals surface area contributed by atoms with Crippen LogP contribution < -0.4 is 0 Å². The fraction of sp³-hybridized carbons (Fsp3) is 0.846. The van der Waals surface area contributed by atoms with E-state index in [1.54, 1.807) is 0 Å². The zero-order chi connectivity index (χ0) is 13.7. The second-order valence-electron chi connectivity index (χ2n) is 5.24. The third-order valence-electron chi connectivity index (χ3n) is 2.47. The van der Waals surface area contributed by atoms with Crippen molar-refractivity contribution < 1.29 is 0 Å². The molecular weight excluding hydrogens is 262 g/mol. The molecule has 0 aromatic carbocycles. The molecule has 0 saturated carbocycles. The largest absolute Gasteiger partial charge is 0.246 e. The van der Waals surface area contributed by atoms with Crippen molar-refractivity contribution >= 4 is 23.5 Å². The smallest absolute Gasteiger partial charge is 0.0966 e. The minimum Gasteiger partial charge on any atom is -0.246 e. The van der Waals surface area contributed by atoms with E-state index in [9.17, 15) is 0 Å². The van der Waals surface area contributed by atoms with E-state index in [1.165, 1.54) is 5.69 Å². The van der Waals surface area contributed by atoms with Crippen molar-refractivity contribution in [1.29, 1.82) is 0 Å². The number of thioether (sulfide) groups is 2. The lowest BCUT2D eigenvalue weighted by atomic mass is 10.3. The molecule has 0 atom stereocenters. The molecule has 104 valence electrons. The molecule has 0 fully saturated rings. The van der Waals surface area contributed by atoms with Gasteiger partial charge in [-0.2, -0.15) is 23.5 Å². The Morgan fingerprint density at radius 2 is 1.50 bits per heavy atom. The second-order valence-corrected chi connectivity index (χ2v) is 8.37. The van der Waals surface area contributed by atoms with Crippen LogP contribution in [0.5, 0.6) is 0 Å². The summed E-state index contributed by atoms with van der Waals surface area (Å²) in [6.45, 7) is 13.2. The summed E-state index contributed by atoms with van der Waals surface area (Å²) in [5, 5.41) is 9.96. The summed E-state index contributed by atoms with van der Waals surface area (Å²) >= 11 is 3.89.